The van der Waals surface area contributed by atoms with Crippen molar-refractivity contribution in [1.82, 2.24) is 0 Å². The molecule has 0 N–H and O–H groups in total. The van der Waals surface area contributed by atoms with E-state index < -0.39 is 0 Å². The zero-order valence-electron chi connectivity index (χ0n) is 12.0. The SMILES string of the molecule is CC(C)OC(C)(C1=[C-]CC=C1)c1ccccc1.[Cl-].[Cl-].[Ti+3]. The summed E-state index contributed by atoms with van der Waals surface area (Å²) in [6, 6.07) is 10.4. The number of hydrogen-bond donors (Lipinski definition) is 0. The van der Waals surface area contributed by atoms with Gasteiger partial charge in [-0.2, -0.15) is 11.6 Å². The summed E-state index contributed by atoms with van der Waals surface area (Å²) in [6.45, 7) is 6.27. The molecule has 1 aliphatic rings. The molecule has 4 heteroatoms. The van der Waals surface area contributed by atoms with Crippen molar-refractivity contribution in [3.8, 4) is 0 Å². The quantitative estimate of drug-likeness (QED) is 0.454. The summed E-state index contributed by atoms with van der Waals surface area (Å²) in [5, 5.41) is 0. The minimum absolute atomic E-state index is 0. The zero-order valence-corrected chi connectivity index (χ0v) is 15.1. The molecule has 0 saturated heterocycles. The van der Waals surface area contributed by atoms with Gasteiger partial charge in [-0.15, -0.1) is 6.42 Å². The number of hydrogen-bond acceptors (Lipinski definition) is 1. The number of halogens is 2. The van der Waals surface area contributed by atoms with Gasteiger partial charge in [-0.3, -0.25) is 6.08 Å². The van der Waals surface area contributed by atoms with Crippen molar-refractivity contribution in [2.24, 2.45) is 0 Å². The van der Waals surface area contributed by atoms with Gasteiger partial charge in [0.05, 0.1) is 11.7 Å². The van der Waals surface area contributed by atoms with Crippen molar-refractivity contribution in [3.63, 3.8) is 0 Å². The minimum Gasteiger partial charge on any atom is -1.00 e. The van der Waals surface area contributed by atoms with Crippen LogP contribution in [-0.2, 0) is 32.1 Å². The number of ether oxygens (including phenoxy) is 1. The van der Waals surface area contributed by atoms with E-state index in [2.05, 4.69) is 63.3 Å². The molecule has 0 aliphatic heterocycles. The Morgan fingerprint density at radius 2 is 1.75 bits per heavy atom. The van der Waals surface area contributed by atoms with E-state index in [1.807, 2.05) is 6.07 Å². The van der Waals surface area contributed by atoms with E-state index in [9.17, 15) is 0 Å². The van der Waals surface area contributed by atoms with Crippen LogP contribution in [0.2, 0.25) is 0 Å². The Labute approximate surface area is 149 Å². The predicted molar refractivity (Wildman–Crippen MR) is 70.5 cm³/mol. The Bertz CT molecular complexity index is 443. The Morgan fingerprint density at radius 3 is 2.20 bits per heavy atom. The molecule has 107 valence electrons. The van der Waals surface area contributed by atoms with E-state index in [-0.39, 0.29) is 58.2 Å². The third kappa shape index (κ3) is 5.05. The first-order valence-electron chi connectivity index (χ1n) is 6.14. The fourth-order valence-corrected chi connectivity index (χ4v) is 2.25. The van der Waals surface area contributed by atoms with Crippen LogP contribution in [0.15, 0.2) is 48.1 Å². The largest absolute Gasteiger partial charge is 3.00 e. The van der Waals surface area contributed by atoms with Crippen LogP contribution in [0.5, 0.6) is 0 Å². The fraction of sp³-hybridized carbons (Fsp3) is 0.375. The van der Waals surface area contributed by atoms with E-state index in [1.165, 1.54) is 5.56 Å². The molecule has 0 spiro atoms. The smallest absolute Gasteiger partial charge is 1.00 e. The minimum atomic E-state index is -0.386. The number of rotatable bonds is 4. The van der Waals surface area contributed by atoms with Gasteiger partial charge in [-0.05, 0) is 26.3 Å². The van der Waals surface area contributed by atoms with E-state index in [0.717, 1.165) is 12.0 Å². The maximum absolute atomic E-state index is 6.16. The Balaban J connectivity index is 0. The molecule has 0 heterocycles. The first kappa shape index (κ1) is 22.2. The van der Waals surface area contributed by atoms with Crippen molar-refractivity contribution in [2.75, 3.05) is 0 Å². The molecule has 2 rings (SSSR count). The summed E-state index contributed by atoms with van der Waals surface area (Å²) in [5.41, 5.74) is 1.93. The van der Waals surface area contributed by atoms with Crippen LogP contribution in [0, 0.1) is 6.08 Å². The van der Waals surface area contributed by atoms with E-state index in [4.69, 9.17) is 4.74 Å². The van der Waals surface area contributed by atoms with Gasteiger partial charge in [-0.25, -0.2) is 6.08 Å². The Kier molecular flexibility index (Phi) is 10.9. The molecule has 1 radical (unpaired) electrons. The third-order valence-electron chi connectivity index (χ3n) is 3.00. The second-order valence-corrected chi connectivity index (χ2v) is 4.76. The normalized spacial score (nSPS) is 15.5. The molecule has 1 aromatic rings. The first-order valence-corrected chi connectivity index (χ1v) is 6.14. The molecule has 0 fully saturated rings. The first-order chi connectivity index (χ1) is 8.13. The van der Waals surface area contributed by atoms with E-state index in [0.29, 0.717) is 0 Å². The molecule has 20 heavy (non-hydrogen) atoms. The van der Waals surface area contributed by atoms with Gasteiger partial charge in [0.2, 0.25) is 0 Å². The second kappa shape index (κ2) is 9.81. The zero-order chi connectivity index (χ0) is 12.3. The summed E-state index contributed by atoms with van der Waals surface area (Å²) in [5.74, 6) is 0. The van der Waals surface area contributed by atoms with Crippen molar-refractivity contribution >= 4 is 0 Å². The van der Waals surface area contributed by atoms with Crippen molar-refractivity contribution in [2.45, 2.75) is 38.9 Å². The van der Waals surface area contributed by atoms with Gasteiger partial charge >= 0.3 is 21.7 Å². The number of benzene rings is 1. The van der Waals surface area contributed by atoms with Crippen LogP contribution in [0.1, 0.15) is 32.8 Å². The summed E-state index contributed by atoms with van der Waals surface area (Å²) in [6.07, 6.45) is 8.70. The van der Waals surface area contributed by atoms with Gasteiger partial charge in [0.25, 0.3) is 0 Å². The molecule has 0 saturated carbocycles. The predicted octanol–water partition coefficient (Wildman–Crippen LogP) is -1.98. The average Bonchev–Trinajstić information content (AvgIpc) is 2.83. The van der Waals surface area contributed by atoms with Crippen LogP contribution >= 0.6 is 0 Å². The molecule has 1 aliphatic carbocycles. The van der Waals surface area contributed by atoms with Crippen LogP contribution in [0.3, 0.4) is 0 Å². The molecule has 1 unspecified atom stereocenters. The number of allylic oxidation sites excluding steroid dienone is 2. The molecule has 0 amide bonds. The van der Waals surface area contributed by atoms with Gasteiger partial charge in [0, 0.05) is 0 Å². The van der Waals surface area contributed by atoms with Gasteiger partial charge in [0.1, 0.15) is 0 Å². The fourth-order valence-electron chi connectivity index (χ4n) is 2.25. The van der Waals surface area contributed by atoms with Crippen molar-refractivity contribution in [3.05, 3.63) is 59.7 Å². The summed E-state index contributed by atoms with van der Waals surface area (Å²) in [7, 11) is 0. The molecule has 1 atom stereocenters. The molecule has 0 bridgehead atoms. The second-order valence-electron chi connectivity index (χ2n) is 4.76. The van der Waals surface area contributed by atoms with Crippen LogP contribution in [0.4, 0.5) is 0 Å². The Morgan fingerprint density at radius 1 is 1.15 bits per heavy atom. The third-order valence-corrected chi connectivity index (χ3v) is 3.00. The van der Waals surface area contributed by atoms with Crippen LogP contribution in [-0.4, -0.2) is 6.10 Å². The maximum atomic E-state index is 6.16. The molecular formula is C16H19Cl2OTi. The van der Waals surface area contributed by atoms with Gasteiger partial charge < -0.3 is 29.6 Å². The topological polar surface area (TPSA) is 9.23 Å². The molecule has 1 aromatic carbocycles. The van der Waals surface area contributed by atoms with E-state index >= 15 is 0 Å². The molecular weight excluding hydrogens is 327 g/mol. The average molecular weight is 346 g/mol. The van der Waals surface area contributed by atoms with Gasteiger partial charge in [0.15, 0.2) is 0 Å². The van der Waals surface area contributed by atoms with Crippen LogP contribution in [0.25, 0.3) is 0 Å². The summed E-state index contributed by atoms with van der Waals surface area (Å²) < 4.78 is 6.16. The van der Waals surface area contributed by atoms with E-state index in [1.54, 1.807) is 0 Å². The molecule has 1 nitrogen and oxygen atoms in total. The maximum Gasteiger partial charge on any atom is 3.00 e. The monoisotopic (exact) mass is 345 g/mol. The van der Waals surface area contributed by atoms with Crippen LogP contribution < -0.4 is 24.8 Å². The Hall–Kier alpha value is -0.0457. The summed E-state index contributed by atoms with van der Waals surface area (Å²) >= 11 is 0. The van der Waals surface area contributed by atoms with Crippen molar-refractivity contribution < 1.29 is 51.3 Å². The van der Waals surface area contributed by atoms with Crippen molar-refractivity contribution in [1.29, 1.82) is 0 Å². The van der Waals surface area contributed by atoms with Gasteiger partial charge in [-0.1, -0.05) is 30.3 Å². The standard InChI is InChI=1S/C16H19O.2ClH.Ti/c1-13(2)17-16(3,15-11-7-8-12-15)14-9-5-4-6-10-14;;;/h4-7,9-11,13H,8H2,1-3H3;2*1H;/q-1;;;+3/p-2. The summed E-state index contributed by atoms with van der Waals surface area (Å²) in [4.78, 5) is 0. The molecule has 0 aromatic heterocycles.